The molecule has 1 amide bonds. The third-order valence-electron chi connectivity index (χ3n) is 7.00. The number of nitrogens with one attached hydrogen (secondary N) is 2. The van der Waals surface area contributed by atoms with Crippen LogP contribution < -0.4 is 15.4 Å². The second-order valence-electron chi connectivity index (χ2n) is 9.65. The Morgan fingerprint density at radius 2 is 2.13 bits per heavy atom. The van der Waals surface area contributed by atoms with E-state index in [9.17, 15) is 15.0 Å². The van der Waals surface area contributed by atoms with Gasteiger partial charge in [-0.1, -0.05) is 0 Å². The van der Waals surface area contributed by atoms with E-state index >= 15 is 0 Å². The number of thioether (sulfide) groups is 1. The Labute approximate surface area is 225 Å². The molecule has 3 aromatic rings. The fraction of sp³-hybridized carbons (Fsp3) is 0.481. The second kappa shape index (κ2) is 12.4. The fourth-order valence-electron chi connectivity index (χ4n) is 5.00. The zero-order chi connectivity index (χ0) is 26.5. The molecular weight excluding hydrogens is 506 g/mol. The summed E-state index contributed by atoms with van der Waals surface area (Å²) < 4.78 is 11.8. The number of carbonyl (C=O) groups is 1. The molecule has 2 aliphatic rings. The first-order chi connectivity index (χ1) is 18.5. The number of nitrogens with zero attached hydrogens (tertiary/aromatic N) is 3. The number of rotatable bonds is 10. The molecule has 0 bridgehead atoms. The van der Waals surface area contributed by atoms with Crippen molar-refractivity contribution in [1.82, 2.24) is 20.3 Å². The minimum Gasteiger partial charge on any atom is -0.481 e. The van der Waals surface area contributed by atoms with E-state index in [4.69, 9.17) is 9.47 Å². The number of pyridine rings is 3. The summed E-state index contributed by atoms with van der Waals surface area (Å²) in [4.78, 5) is 26.3. The van der Waals surface area contributed by atoms with Crippen molar-refractivity contribution in [2.45, 2.75) is 67.9 Å². The van der Waals surface area contributed by atoms with E-state index in [1.54, 1.807) is 13.3 Å². The van der Waals surface area contributed by atoms with Crippen LogP contribution in [0.2, 0.25) is 0 Å². The van der Waals surface area contributed by atoms with Crippen LogP contribution in [0.3, 0.4) is 0 Å². The highest BCUT2D eigenvalue weighted by atomic mass is 32.2. The molecule has 0 spiro atoms. The van der Waals surface area contributed by atoms with Crippen LogP contribution in [0, 0.1) is 0 Å². The number of carbonyl (C=O) groups excluding carboxylic acids is 1. The molecule has 0 aliphatic carbocycles. The highest BCUT2D eigenvalue weighted by Crippen LogP contribution is 2.30. The molecule has 4 atom stereocenters. The van der Waals surface area contributed by atoms with Gasteiger partial charge in [0.2, 0.25) is 11.8 Å². The van der Waals surface area contributed by atoms with Crippen LogP contribution >= 0.6 is 11.8 Å². The standard InChI is InChI=1S/C27H33N5O5S/c1-36-25-9-7-21-26(32-25)16(10-11-28-21)2-4-19-5-6-20(22(37-19)12-18(34)14-33)29-13-17-3-8-23-27(30-17)31-24(35)15-38-23/h3,7-11,18-20,22,29,33-34H,2,4-6,12-15H2,1H3,(H,30,31,35)/t18-,19+,20-,22+/m1/s1. The lowest BCUT2D eigenvalue weighted by Crippen LogP contribution is -2.48. The van der Waals surface area contributed by atoms with Crippen LogP contribution in [0.1, 0.15) is 36.9 Å². The van der Waals surface area contributed by atoms with Gasteiger partial charge in [-0.15, -0.1) is 11.8 Å². The number of aryl methyl sites for hydroxylation is 1. The molecule has 0 aromatic carbocycles. The van der Waals surface area contributed by atoms with Crippen molar-refractivity contribution in [2.24, 2.45) is 0 Å². The Morgan fingerprint density at radius 1 is 1.24 bits per heavy atom. The summed E-state index contributed by atoms with van der Waals surface area (Å²) in [6, 6.07) is 9.65. The number of aliphatic hydroxyl groups excluding tert-OH is 2. The number of ether oxygens (including phenoxy) is 2. The van der Waals surface area contributed by atoms with Gasteiger partial charge in [-0.2, -0.15) is 0 Å². The zero-order valence-electron chi connectivity index (χ0n) is 21.3. The number of anilines is 1. The molecule has 0 unspecified atom stereocenters. The van der Waals surface area contributed by atoms with Gasteiger partial charge in [-0.25, -0.2) is 9.97 Å². The molecule has 202 valence electrons. The summed E-state index contributed by atoms with van der Waals surface area (Å²) in [6.45, 7) is 0.201. The van der Waals surface area contributed by atoms with Gasteiger partial charge in [0.1, 0.15) is 5.82 Å². The first kappa shape index (κ1) is 26.8. The van der Waals surface area contributed by atoms with E-state index in [2.05, 4.69) is 25.6 Å². The molecular formula is C27H33N5O5S. The molecule has 5 heterocycles. The molecule has 1 saturated heterocycles. The van der Waals surface area contributed by atoms with Crippen LogP contribution in [0.5, 0.6) is 5.88 Å². The van der Waals surface area contributed by atoms with E-state index in [1.807, 2.05) is 30.3 Å². The number of hydrogen-bond donors (Lipinski definition) is 4. The average Bonchev–Trinajstić information content (AvgIpc) is 2.94. The number of aromatic nitrogens is 3. The first-order valence-electron chi connectivity index (χ1n) is 12.9. The van der Waals surface area contributed by atoms with E-state index < -0.39 is 6.10 Å². The van der Waals surface area contributed by atoms with E-state index in [1.165, 1.54) is 11.8 Å². The van der Waals surface area contributed by atoms with E-state index in [0.29, 0.717) is 30.4 Å². The number of fused-ring (bicyclic) bond motifs is 2. The lowest BCUT2D eigenvalue weighted by molar-refractivity contribution is -0.113. The van der Waals surface area contributed by atoms with E-state index in [-0.39, 0.29) is 30.8 Å². The average molecular weight is 540 g/mol. The molecule has 4 N–H and O–H groups in total. The smallest absolute Gasteiger partial charge is 0.235 e. The Balaban J connectivity index is 1.22. The van der Waals surface area contributed by atoms with Crippen molar-refractivity contribution in [3.05, 3.63) is 47.8 Å². The van der Waals surface area contributed by atoms with Gasteiger partial charge in [0, 0.05) is 31.3 Å². The summed E-state index contributed by atoms with van der Waals surface area (Å²) >= 11 is 1.49. The lowest BCUT2D eigenvalue weighted by atomic mass is 9.92. The zero-order valence-corrected chi connectivity index (χ0v) is 22.1. The van der Waals surface area contributed by atoms with Crippen molar-refractivity contribution in [1.29, 1.82) is 0 Å². The van der Waals surface area contributed by atoms with Crippen molar-refractivity contribution in [3.63, 3.8) is 0 Å². The van der Waals surface area contributed by atoms with Crippen molar-refractivity contribution in [3.8, 4) is 5.88 Å². The van der Waals surface area contributed by atoms with Crippen LogP contribution in [0.15, 0.2) is 41.4 Å². The summed E-state index contributed by atoms with van der Waals surface area (Å²) in [5.74, 6) is 1.53. The van der Waals surface area contributed by atoms with Crippen LogP contribution in [0.25, 0.3) is 11.0 Å². The molecule has 3 aromatic heterocycles. The van der Waals surface area contributed by atoms with Crippen molar-refractivity contribution < 1.29 is 24.5 Å². The predicted octanol–water partition coefficient (Wildman–Crippen LogP) is 2.46. The minimum absolute atomic E-state index is 0.00179. The summed E-state index contributed by atoms with van der Waals surface area (Å²) in [6.07, 6.45) is 4.38. The largest absolute Gasteiger partial charge is 0.481 e. The molecule has 11 heteroatoms. The van der Waals surface area contributed by atoms with Gasteiger partial charge in [-0.3, -0.25) is 9.78 Å². The number of aliphatic hydroxyl groups is 2. The SMILES string of the molecule is COc1ccc2nccc(CC[C@H]3CC[C@@H](NCc4ccc5c(n4)NC(=O)CS5)[C@H](C[C@@H](O)CO)O3)c2n1. The fourth-order valence-corrected chi connectivity index (χ4v) is 5.76. The number of methoxy groups -OCH3 is 1. The van der Waals surface area contributed by atoms with Gasteiger partial charge in [-0.05, 0) is 55.5 Å². The van der Waals surface area contributed by atoms with Gasteiger partial charge in [0.25, 0.3) is 0 Å². The highest BCUT2D eigenvalue weighted by molar-refractivity contribution is 8.00. The Kier molecular flexibility index (Phi) is 8.70. The summed E-state index contributed by atoms with van der Waals surface area (Å²) in [5, 5.41) is 26.0. The molecule has 5 rings (SSSR count). The van der Waals surface area contributed by atoms with Gasteiger partial charge in [0.05, 0.1) is 59.4 Å². The van der Waals surface area contributed by atoms with Crippen LogP contribution in [-0.4, -0.2) is 74.9 Å². The molecule has 0 radical (unpaired) electrons. The maximum absolute atomic E-state index is 11.7. The second-order valence-corrected chi connectivity index (χ2v) is 10.7. The highest BCUT2D eigenvalue weighted by Gasteiger charge is 2.32. The predicted molar refractivity (Wildman–Crippen MR) is 144 cm³/mol. The molecule has 2 aliphatic heterocycles. The molecule has 10 nitrogen and oxygen atoms in total. The summed E-state index contributed by atoms with van der Waals surface area (Å²) in [7, 11) is 1.60. The van der Waals surface area contributed by atoms with Crippen molar-refractivity contribution in [2.75, 3.05) is 24.8 Å². The molecule has 38 heavy (non-hydrogen) atoms. The maximum Gasteiger partial charge on any atom is 0.235 e. The Hall–Kier alpha value is -2.83. The first-order valence-corrected chi connectivity index (χ1v) is 13.9. The van der Waals surface area contributed by atoms with Gasteiger partial charge < -0.3 is 30.3 Å². The third kappa shape index (κ3) is 6.41. The number of amides is 1. The van der Waals surface area contributed by atoms with Crippen LogP contribution in [-0.2, 0) is 22.5 Å². The van der Waals surface area contributed by atoms with Gasteiger partial charge >= 0.3 is 0 Å². The minimum atomic E-state index is -0.849. The van der Waals surface area contributed by atoms with Crippen LogP contribution in [0.4, 0.5) is 5.82 Å². The normalized spacial score (nSPS) is 22.1. The third-order valence-corrected chi connectivity index (χ3v) is 8.04. The molecule has 0 saturated carbocycles. The van der Waals surface area contributed by atoms with Crippen molar-refractivity contribution >= 4 is 34.5 Å². The topological polar surface area (TPSA) is 139 Å². The number of hydrogen-bond acceptors (Lipinski definition) is 10. The monoisotopic (exact) mass is 539 g/mol. The molecule has 1 fully saturated rings. The Bertz CT molecular complexity index is 1280. The quantitative estimate of drug-likeness (QED) is 0.304. The van der Waals surface area contributed by atoms with E-state index in [0.717, 1.165) is 52.9 Å². The summed E-state index contributed by atoms with van der Waals surface area (Å²) in [5.41, 5.74) is 3.58. The lowest BCUT2D eigenvalue weighted by Gasteiger charge is -2.38. The maximum atomic E-state index is 11.7. The Morgan fingerprint density at radius 3 is 2.97 bits per heavy atom. The van der Waals surface area contributed by atoms with Gasteiger partial charge in [0.15, 0.2) is 0 Å².